The third-order valence-electron chi connectivity index (χ3n) is 4.11. The summed E-state index contributed by atoms with van der Waals surface area (Å²) in [5.41, 5.74) is 0. The van der Waals surface area contributed by atoms with Crippen molar-refractivity contribution in [3.8, 4) is 0 Å². The van der Waals surface area contributed by atoms with E-state index in [1.165, 1.54) is 11.2 Å². The highest BCUT2D eigenvalue weighted by atomic mass is 16.2. The Balaban J connectivity index is 1.61. The first-order chi connectivity index (χ1) is 10.2. The lowest BCUT2D eigenvalue weighted by atomic mass is 10.0. The summed E-state index contributed by atoms with van der Waals surface area (Å²) < 4.78 is 1.80. The normalized spacial score (nSPS) is 23.3. The molecule has 1 unspecified atom stereocenters. The lowest BCUT2D eigenvalue weighted by Gasteiger charge is -2.35. The number of nitrogens with one attached hydrogen (secondary N) is 1. The fourth-order valence-electron chi connectivity index (χ4n) is 2.99. The molecule has 2 fully saturated rings. The highest BCUT2D eigenvalue weighted by Gasteiger charge is 2.30. The highest BCUT2D eigenvalue weighted by Crippen LogP contribution is 2.18. The molecule has 1 aromatic heterocycles. The van der Waals surface area contributed by atoms with Crippen molar-refractivity contribution in [2.24, 2.45) is 0 Å². The lowest BCUT2D eigenvalue weighted by Crippen LogP contribution is -2.48. The second-order valence-electron chi connectivity index (χ2n) is 5.51. The van der Waals surface area contributed by atoms with Crippen LogP contribution in [-0.2, 0) is 11.3 Å². The summed E-state index contributed by atoms with van der Waals surface area (Å²) in [6.07, 6.45) is 6.51. The first-order valence-electron chi connectivity index (χ1n) is 7.38. The van der Waals surface area contributed by atoms with Crippen LogP contribution in [0.3, 0.4) is 0 Å². The molecule has 0 spiro atoms. The molecule has 0 saturated carbocycles. The Morgan fingerprint density at radius 3 is 3.00 bits per heavy atom. The maximum absolute atomic E-state index is 12.3. The number of carbonyl (C=O) groups is 2. The number of piperidine rings is 1. The van der Waals surface area contributed by atoms with Gasteiger partial charge in [0.15, 0.2) is 0 Å². The number of hydrogen-bond donors (Lipinski definition) is 1. The van der Waals surface area contributed by atoms with E-state index in [1.54, 1.807) is 11.0 Å². The molecule has 8 heteroatoms. The van der Waals surface area contributed by atoms with Crippen molar-refractivity contribution in [3.05, 3.63) is 12.7 Å². The molecule has 1 N–H and O–H groups in total. The molecular formula is C13H20N6O2. The van der Waals surface area contributed by atoms with Gasteiger partial charge in [0.05, 0.1) is 13.1 Å². The average Bonchev–Trinajstić information content (AvgIpc) is 3.12. The summed E-state index contributed by atoms with van der Waals surface area (Å²) in [5.74, 6) is -0.115. The SMILES string of the molecule is O=C(CN1CCCCC1Cn1cncn1)N1CCNC1=O. The Morgan fingerprint density at radius 2 is 2.29 bits per heavy atom. The van der Waals surface area contributed by atoms with Crippen LogP contribution in [0.15, 0.2) is 12.7 Å². The molecule has 0 aromatic carbocycles. The molecule has 114 valence electrons. The van der Waals surface area contributed by atoms with Crippen LogP contribution in [0.2, 0.25) is 0 Å². The lowest BCUT2D eigenvalue weighted by molar-refractivity contribution is -0.129. The van der Waals surface area contributed by atoms with Crippen molar-refractivity contribution < 1.29 is 9.59 Å². The predicted octanol–water partition coefficient (Wildman–Crippen LogP) is -0.316. The van der Waals surface area contributed by atoms with Gasteiger partial charge in [0.1, 0.15) is 12.7 Å². The van der Waals surface area contributed by atoms with E-state index in [2.05, 4.69) is 20.3 Å². The van der Waals surface area contributed by atoms with Crippen LogP contribution in [0.4, 0.5) is 4.79 Å². The molecule has 0 bridgehead atoms. The number of hydrogen-bond acceptors (Lipinski definition) is 5. The van der Waals surface area contributed by atoms with Crippen molar-refractivity contribution in [2.45, 2.75) is 31.8 Å². The third kappa shape index (κ3) is 3.21. The van der Waals surface area contributed by atoms with Crippen LogP contribution in [0.1, 0.15) is 19.3 Å². The Labute approximate surface area is 123 Å². The Morgan fingerprint density at radius 1 is 1.38 bits per heavy atom. The Bertz CT molecular complexity index is 503. The predicted molar refractivity (Wildman–Crippen MR) is 74.3 cm³/mol. The second kappa shape index (κ2) is 6.21. The van der Waals surface area contributed by atoms with Gasteiger partial charge in [-0.1, -0.05) is 6.42 Å². The van der Waals surface area contributed by atoms with Crippen LogP contribution in [0.5, 0.6) is 0 Å². The number of nitrogens with zero attached hydrogens (tertiary/aromatic N) is 5. The summed E-state index contributed by atoms with van der Waals surface area (Å²) in [7, 11) is 0. The van der Waals surface area contributed by atoms with Gasteiger partial charge >= 0.3 is 6.03 Å². The Kier molecular flexibility index (Phi) is 4.14. The fraction of sp³-hybridized carbons (Fsp3) is 0.692. The number of aromatic nitrogens is 3. The zero-order chi connectivity index (χ0) is 14.7. The minimum Gasteiger partial charge on any atom is -0.336 e. The number of rotatable bonds is 4. The zero-order valence-corrected chi connectivity index (χ0v) is 11.9. The summed E-state index contributed by atoms with van der Waals surface area (Å²) in [6.45, 7) is 2.94. The van der Waals surface area contributed by atoms with E-state index in [-0.39, 0.29) is 18.0 Å². The van der Waals surface area contributed by atoms with Crippen molar-refractivity contribution in [2.75, 3.05) is 26.2 Å². The van der Waals surface area contributed by atoms with E-state index in [0.717, 1.165) is 32.4 Å². The molecule has 1 atom stereocenters. The largest absolute Gasteiger partial charge is 0.336 e. The number of imide groups is 1. The van der Waals surface area contributed by atoms with Gasteiger partial charge in [-0.25, -0.2) is 9.78 Å². The number of urea groups is 1. The van der Waals surface area contributed by atoms with E-state index >= 15 is 0 Å². The van der Waals surface area contributed by atoms with E-state index in [9.17, 15) is 9.59 Å². The van der Waals surface area contributed by atoms with Crippen LogP contribution in [-0.4, -0.2) is 68.7 Å². The molecule has 8 nitrogen and oxygen atoms in total. The molecule has 0 aliphatic carbocycles. The standard InChI is InChI=1S/C13H20N6O2/c20-12(19-6-4-15-13(19)21)8-17-5-2-1-3-11(17)7-18-10-14-9-16-18/h9-11H,1-8H2,(H,15,21). The van der Waals surface area contributed by atoms with E-state index in [4.69, 9.17) is 0 Å². The van der Waals surface area contributed by atoms with Gasteiger partial charge in [0, 0.05) is 19.1 Å². The molecule has 3 amide bonds. The van der Waals surface area contributed by atoms with Crippen molar-refractivity contribution in [3.63, 3.8) is 0 Å². The fourth-order valence-corrected chi connectivity index (χ4v) is 2.99. The third-order valence-corrected chi connectivity index (χ3v) is 4.11. The average molecular weight is 292 g/mol. The molecule has 2 aliphatic heterocycles. The summed E-state index contributed by atoms with van der Waals surface area (Å²) >= 11 is 0. The first kappa shape index (κ1) is 14.0. The first-order valence-corrected chi connectivity index (χ1v) is 7.38. The molecule has 21 heavy (non-hydrogen) atoms. The number of amides is 3. The molecule has 3 rings (SSSR count). The van der Waals surface area contributed by atoms with Gasteiger partial charge in [0.2, 0.25) is 5.91 Å². The maximum Gasteiger partial charge on any atom is 0.324 e. The Hall–Kier alpha value is -1.96. The van der Waals surface area contributed by atoms with Gasteiger partial charge < -0.3 is 5.32 Å². The molecule has 2 aliphatic rings. The quantitative estimate of drug-likeness (QED) is 0.822. The van der Waals surface area contributed by atoms with Crippen LogP contribution < -0.4 is 5.32 Å². The van der Waals surface area contributed by atoms with Gasteiger partial charge in [-0.3, -0.25) is 19.3 Å². The highest BCUT2D eigenvalue weighted by molar-refractivity contribution is 5.96. The molecule has 2 saturated heterocycles. The van der Waals surface area contributed by atoms with Crippen molar-refractivity contribution >= 4 is 11.9 Å². The van der Waals surface area contributed by atoms with Crippen molar-refractivity contribution in [1.29, 1.82) is 0 Å². The second-order valence-corrected chi connectivity index (χ2v) is 5.51. The topological polar surface area (TPSA) is 83.4 Å². The summed E-state index contributed by atoms with van der Waals surface area (Å²) in [4.78, 5) is 31.2. The van der Waals surface area contributed by atoms with Gasteiger partial charge in [0.25, 0.3) is 0 Å². The van der Waals surface area contributed by atoms with E-state index in [0.29, 0.717) is 19.6 Å². The van der Waals surface area contributed by atoms with Crippen molar-refractivity contribution in [1.82, 2.24) is 29.9 Å². The van der Waals surface area contributed by atoms with Gasteiger partial charge in [-0.05, 0) is 19.4 Å². The molecule has 1 aromatic rings. The molecule has 0 radical (unpaired) electrons. The number of likely N-dealkylation sites (tertiary alicyclic amines) is 1. The van der Waals surface area contributed by atoms with Crippen LogP contribution in [0.25, 0.3) is 0 Å². The minimum absolute atomic E-state index is 0.115. The number of carbonyl (C=O) groups excluding carboxylic acids is 2. The van der Waals surface area contributed by atoms with Crippen LogP contribution >= 0.6 is 0 Å². The molecule has 3 heterocycles. The van der Waals surface area contributed by atoms with E-state index in [1.807, 2.05) is 0 Å². The summed E-state index contributed by atoms with van der Waals surface area (Å²) in [5, 5.41) is 6.79. The molecular weight excluding hydrogens is 272 g/mol. The smallest absolute Gasteiger partial charge is 0.324 e. The zero-order valence-electron chi connectivity index (χ0n) is 11.9. The van der Waals surface area contributed by atoms with E-state index < -0.39 is 0 Å². The summed E-state index contributed by atoms with van der Waals surface area (Å²) in [6, 6.07) is -0.0000926. The maximum atomic E-state index is 12.3. The monoisotopic (exact) mass is 292 g/mol. The van der Waals surface area contributed by atoms with Gasteiger partial charge in [-0.2, -0.15) is 5.10 Å². The minimum atomic E-state index is -0.273. The van der Waals surface area contributed by atoms with Gasteiger partial charge in [-0.15, -0.1) is 0 Å². The van der Waals surface area contributed by atoms with Crippen LogP contribution in [0, 0.1) is 0 Å².